The molecule has 30 heavy (non-hydrogen) atoms. The molecule has 0 aliphatic carbocycles. The molecular formula is C22H15BrClN3O2S. The minimum atomic E-state index is -0.309. The van der Waals surface area contributed by atoms with Crippen molar-refractivity contribution in [1.29, 1.82) is 0 Å². The number of amides is 1. The summed E-state index contributed by atoms with van der Waals surface area (Å²) >= 11 is 14.8. The molecule has 3 aromatic carbocycles. The van der Waals surface area contributed by atoms with E-state index in [1.165, 1.54) is 4.57 Å². The molecule has 1 aromatic heterocycles. The van der Waals surface area contributed by atoms with Crippen LogP contribution in [-0.2, 0) is 6.54 Å². The van der Waals surface area contributed by atoms with E-state index in [1.54, 1.807) is 42.5 Å². The van der Waals surface area contributed by atoms with Gasteiger partial charge in [0.05, 0.1) is 17.4 Å². The summed E-state index contributed by atoms with van der Waals surface area (Å²) in [7, 11) is 0. The summed E-state index contributed by atoms with van der Waals surface area (Å²) in [5.74, 6) is -0.309. The number of benzene rings is 3. The minimum absolute atomic E-state index is 0.212. The monoisotopic (exact) mass is 499 g/mol. The molecule has 1 heterocycles. The molecule has 0 atom stereocenters. The third-order valence-electron chi connectivity index (χ3n) is 4.56. The van der Waals surface area contributed by atoms with Gasteiger partial charge in [-0.25, -0.2) is 0 Å². The number of carbonyl (C=O) groups is 1. The lowest BCUT2D eigenvalue weighted by molar-refractivity contribution is 0.102. The van der Waals surface area contributed by atoms with Crippen LogP contribution in [0.1, 0.15) is 15.9 Å². The normalized spacial score (nSPS) is 10.9. The van der Waals surface area contributed by atoms with Gasteiger partial charge in [-0.2, -0.15) is 0 Å². The van der Waals surface area contributed by atoms with Gasteiger partial charge in [-0.1, -0.05) is 45.7 Å². The van der Waals surface area contributed by atoms with E-state index in [1.807, 2.05) is 24.3 Å². The van der Waals surface area contributed by atoms with E-state index in [-0.39, 0.29) is 11.5 Å². The SMILES string of the molecule is O=C(Nc1cccc(Cl)c1)c1ccc2c(=O)n(Cc3cccc(Br)c3)c(=S)[nH]c2c1. The average Bonchev–Trinajstić information content (AvgIpc) is 2.71. The van der Waals surface area contributed by atoms with Crippen LogP contribution >= 0.6 is 39.7 Å². The van der Waals surface area contributed by atoms with E-state index in [0.29, 0.717) is 38.5 Å². The summed E-state index contributed by atoms with van der Waals surface area (Å²) in [6, 6.07) is 19.5. The first-order chi connectivity index (χ1) is 14.4. The number of rotatable bonds is 4. The van der Waals surface area contributed by atoms with E-state index in [9.17, 15) is 9.59 Å². The zero-order chi connectivity index (χ0) is 21.3. The molecule has 0 bridgehead atoms. The molecule has 0 saturated heterocycles. The first kappa shape index (κ1) is 20.5. The van der Waals surface area contributed by atoms with Gasteiger partial charge in [0.1, 0.15) is 0 Å². The first-order valence-electron chi connectivity index (χ1n) is 8.99. The van der Waals surface area contributed by atoms with Gasteiger partial charge in [0, 0.05) is 20.7 Å². The summed E-state index contributed by atoms with van der Waals surface area (Å²) in [6.07, 6.45) is 0. The van der Waals surface area contributed by atoms with Crippen LogP contribution in [0.25, 0.3) is 10.9 Å². The van der Waals surface area contributed by atoms with Crippen LogP contribution in [0.4, 0.5) is 5.69 Å². The number of nitrogens with one attached hydrogen (secondary N) is 2. The largest absolute Gasteiger partial charge is 0.332 e. The van der Waals surface area contributed by atoms with Gasteiger partial charge in [-0.05, 0) is 66.3 Å². The second kappa shape index (κ2) is 8.55. The van der Waals surface area contributed by atoms with Crippen LogP contribution < -0.4 is 10.9 Å². The predicted octanol–water partition coefficient (Wildman–Crippen LogP) is 5.78. The Morgan fingerprint density at radius 2 is 1.90 bits per heavy atom. The molecule has 0 aliphatic heterocycles. The van der Waals surface area contributed by atoms with Gasteiger partial charge in [0.25, 0.3) is 11.5 Å². The summed E-state index contributed by atoms with van der Waals surface area (Å²) in [4.78, 5) is 28.7. The Morgan fingerprint density at radius 1 is 1.10 bits per heavy atom. The molecule has 150 valence electrons. The molecule has 8 heteroatoms. The summed E-state index contributed by atoms with van der Waals surface area (Å²) in [5.41, 5.74) is 2.23. The van der Waals surface area contributed by atoms with Crippen molar-refractivity contribution < 1.29 is 4.79 Å². The number of anilines is 1. The van der Waals surface area contributed by atoms with Gasteiger partial charge < -0.3 is 10.3 Å². The van der Waals surface area contributed by atoms with Crippen LogP contribution in [0.2, 0.25) is 5.02 Å². The molecule has 0 radical (unpaired) electrons. The van der Waals surface area contributed by atoms with Crippen molar-refractivity contribution in [3.63, 3.8) is 0 Å². The van der Waals surface area contributed by atoms with Crippen molar-refractivity contribution in [3.05, 3.63) is 102 Å². The maximum absolute atomic E-state index is 13.0. The molecule has 4 rings (SSSR count). The number of carbonyl (C=O) groups excluding carboxylic acids is 1. The molecular weight excluding hydrogens is 486 g/mol. The lowest BCUT2D eigenvalue weighted by atomic mass is 10.1. The highest BCUT2D eigenvalue weighted by molar-refractivity contribution is 9.10. The number of aromatic nitrogens is 2. The second-order valence-corrected chi connectivity index (χ2v) is 8.42. The van der Waals surface area contributed by atoms with Crippen LogP contribution in [0.5, 0.6) is 0 Å². The fraction of sp³-hybridized carbons (Fsp3) is 0.0455. The maximum Gasteiger partial charge on any atom is 0.262 e. The number of nitrogens with zero attached hydrogens (tertiary/aromatic N) is 1. The topological polar surface area (TPSA) is 66.9 Å². The Hall–Kier alpha value is -2.74. The molecule has 4 aromatic rings. The van der Waals surface area contributed by atoms with Crippen LogP contribution in [-0.4, -0.2) is 15.5 Å². The number of fused-ring (bicyclic) bond motifs is 1. The first-order valence-corrected chi connectivity index (χ1v) is 10.6. The van der Waals surface area contributed by atoms with Crippen LogP contribution in [0, 0.1) is 4.77 Å². The fourth-order valence-corrected chi connectivity index (χ4v) is 4.02. The van der Waals surface area contributed by atoms with Crippen molar-refractivity contribution in [3.8, 4) is 0 Å². The van der Waals surface area contributed by atoms with Gasteiger partial charge >= 0.3 is 0 Å². The molecule has 1 amide bonds. The van der Waals surface area contributed by atoms with Crippen molar-refractivity contribution in [2.75, 3.05) is 5.32 Å². The standard InChI is InChI=1S/C22H15BrClN3O2S/c23-15-4-1-3-13(9-15)12-27-21(29)18-8-7-14(10-19(18)26-22(27)30)20(28)25-17-6-2-5-16(24)11-17/h1-11H,12H2,(H,25,28)(H,26,30). The smallest absolute Gasteiger partial charge is 0.262 e. The van der Waals surface area contributed by atoms with Crippen LogP contribution in [0.15, 0.2) is 76.0 Å². The molecule has 0 fully saturated rings. The maximum atomic E-state index is 13.0. The number of aromatic amines is 1. The zero-order valence-electron chi connectivity index (χ0n) is 15.5. The molecule has 0 unspecified atom stereocenters. The van der Waals surface area contributed by atoms with E-state index in [0.717, 1.165) is 10.0 Å². The fourth-order valence-electron chi connectivity index (χ4n) is 3.13. The van der Waals surface area contributed by atoms with E-state index >= 15 is 0 Å². The Balaban J connectivity index is 1.68. The van der Waals surface area contributed by atoms with Crippen molar-refractivity contribution in [2.24, 2.45) is 0 Å². The van der Waals surface area contributed by atoms with Crippen molar-refractivity contribution >= 4 is 62.2 Å². The molecule has 2 N–H and O–H groups in total. The third kappa shape index (κ3) is 4.38. The minimum Gasteiger partial charge on any atom is -0.332 e. The quantitative estimate of drug-likeness (QED) is 0.349. The lowest BCUT2D eigenvalue weighted by Crippen LogP contribution is -2.23. The Morgan fingerprint density at radius 3 is 2.67 bits per heavy atom. The van der Waals surface area contributed by atoms with Gasteiger partial charge in [0.2, 0.25) is 0 Å². The highest BCUT2D eigenvalue weighted by Crippen LogP contribution is 2.18. The van der Waals surface area contributed by atoms with E-state index in [4.69, 9.17) is 23.8 Å². The van der Waals surface area contributed by atoms with Gasteiger partial charge in [0.15, 0.2) is 4.77 Å². The number of hydrogen-bond donors (Lipinski definition) is 2. The second-order valence-electron chi connectivity index (χ2n) is 6.68. The summed E-state index contributed by atoms with van der Waals surface area (Å²) in [6.45, 7) is 0.348. The highest BCUT2D eigenvalue weighted by Gasteiger charge is 2.11. The highest BCUT2D eigenvalue weighted by atomic mass is 79.9. The summed E-state index contributed by atoms with van der Waals surface area (Å²) in [5, 5.41) is 3.78. The summed E-state index contributed by atoms with van der Waals surface area (Å²) < 4.78 is 2.73. The van der Waals surface area contributed by atoms with Crippen molar-refractivity contribution in [1.82, 2.24) is 9.55 Å². The van der Waals surface area contributed by atoms with Gasteiger partial charge in [-0.15, -0.1) is 0 Å². The third-order valence-corrected chi connectivity index (χ3v) is 5.61. The zero-order valence-corrected chi connectivity index (χ0v) is 18.6. The average molecular weight is 501 g/mol. The number of halogens is 2. The number of hydrogen-bond acceptors (Lipinski definition) is 3. The molecule has 0 aliphatic rings. The van der Waals surface area contributed by atoms with Crippen molar-refractivity contribution in [2.45, 2.75) is 6.54 Å². The van der Waals surface area contributed by atoms with Gasteiger partial charge in [-0.3, -0.25) is 14.2 Å². The molecule has 5 nitrogen and oxygen atoms in total. The molecule has 0 spiro atoms. The molecule has 0 saturated carbocycles. The number of H-pyrrole nitrogens is 1. The Bertz CT molecular complexity index is 1400. The lowest BCUT2D eigenvalue weighted by Gasteiger charge is -2.10. The Labute approximate surface area is 190 Å². The van der Waals surface area contributed by atoms with Crippen LogP contribution in [0.3, 0.4) is 0 Å². The van der Waals surface area contributed by atoms with E-state index < -0.39 is 0 Å². The Kier molecular flexibility index (Phi) is 5.85. The van der Waals surface area contributed by atoms with E-state index in [2.05, 4.69) is 26.2 Å². The predicted molar refractivity (Wildman–Crippen MR) is 126 cm³/mol.